The van der Waals surface area contributed by atoms with E-state index < -0.39 is 0 Å². The molecule has 2 rings (SSSR count). The van der Waals surface area contributed by atoms with Crippen LogP contribution in [-0.4, -0.2) is 17.1 Å². The minimum absolute atomic E-state index is 0.263. The fourth-order valence-corrected chi connectivity index (χ4v) is 2.63. The zero-order valence-corrected chi connectivity index (χ0v) is 12.3. The van der Waals surface area contributed by atoms with Gasteiger partial charge in [-0.05, 0) is 37.1 Å². The molecule has 1 aromatic heterocycles. The number of carbonyl (C=O) groups is 1. The molecule has 0 aliphatic heterocycles. The number of esters is 1. The van der Waals surface area contributed by atoms with Crippen LogP contribution in [0, 0.1) is 0 Å². The van der Waals surface area contributed by atoms with Gasteiger partial charge in [0.1, 0.15) is 5.69 Å². The van der Waals surface area contributed by atoms with Crippen molar-refractivity contribution in [1.29, 1.82) is 0 Å². The summed E-state index contributed by atoms with van der Waals surface area (Å²) in [5.41, 5.74) is 2.68. The van der Waals surface area contributed by atoms with E-state index in [0.717, 1.165) is 29.3 Å². The van der Waals surface area contributed by atoms with E-state index >= 15 is 0 Å². The molecule has 0 saturated heterocycles. The highest BCUT2D eigenvalue weighted by Crippen LogP contribution is 2.29. The number of nitrogens with zero attached hydrogens (tertiary/aromatic N) is 1. The predicted molar refractivity (Wildman–Crippen MR) is 77.9 cm³/mol. The largest absolute Gasteiger partial charge is 0.461 e. The van der Waals surface area contributed by atoms with Crippen LogP contribution in [0.2, 0.25) is 5.02 Å². The SMILES string of the molecule is CCCc1c(C(=O)OCC)n(C)c2ccc(Cl)cc12. The first-order chi connectivity index (χ1) is 9.10. The first kappa shape index (κ1) is 13.9. The number of fused-ring (bicyclic) bond motifs is 1. The molecule has 102 valence electrons. The van der Waals surface area contributed by atoms with Gasteiger partial charge in [-0.15, -0.1) is 0 Å². The molecule has 1 aromatic carbocycles. The van der Waals surface area contributed by atoms with Crippen LogP contribution in [-0.2, 0) is 18.2 Å². The summed E-state index contributed by atoms with van der Waals surface area (Å²) in [4.78, 5) is 12.1. The third-order valence-electron chi connectivity index (χ3n) is 3.24. The van der Waals surface area contributed by atoms with Gasteiger partial charge in [0.15, 0.2) is 0 Å². The molecule has 0 unspecified atom stereocenters. The summed E-state index contributed by atoms with van der Waals surface area (Å²) in [6.45, 7) is 4.29. The van der Waals surface area contributed by atoms with Crippen LogP contribution in [0.25, 0.3) is 10.9 Å². The van der Waals surface area contributed by atoms with E-state index in [1.165, 1.54) is 0 Å². The van der Waals surface area contributed by atoms with Crippen molar-refractivity contribution in [3.05, 3.63) is 34.5 Å². The monoisotopic (exact) mass is 279 g/mol. The number of hydrogen-bond acceptors (Lipinski definition) is 2. The van der Waals surface area contributed by atoms with E-state index in [0.29, 0.717) is 17.3 Å². The Morgan fingerprint density at radius 3 is 2.74 bits per heavy atom. The highest BCUT2D eigenvalue weighted by molar-refractivity contribution is 6.31. The summed E-state index contributed by atoms with van der Waals surface area (Å²) < 4.78 is 7.06. The second-order valence-corrected chi connectivity index (χ2v) is 4.95. The van der Waals surface area contributed by atoms with Crippen molar-refractivity contribution in [3.8, 4) is 0 Å². The molecule has 19 heavy (non-hydrogen) atoms. The van der Waals surface area contributed by atoms with E-state index in [4.69, 9.17) is 16.3 Å². The Kier molecular flexibility index (Phi) is 4.15. The van der Waals surface area contributed by atoms with Gasteiger partial charge in [-0.2, -0.15) is 0 Å². The molecule has 0 aliphatic carbocycles. The first-order valence-electron chi connectivity index (χ1n) is 6.54. The molecule has 2 aromatic rings. The van der Waals surface area contributed by atoms with Crippen molar-refractivity contribution in [2.75, 3.05) is 6.61 Å². The molecule has 0 spiro atoms. The second kappa shape index (κ2) is 5.66. The number of aryl methyl sites for hydroxylation is 2. The van der Waals surface area contributed by atoms with E-state index in [1.54, 1.807) is 0 Å². The molecule has 4 heteroatoms. The van der Waals surface area contributed by atoms with Crippen LogP contribution >= 0.6 is 11.6 Å². The highest BCUT2D eigenvalue weighted by atomic mass is 35.5. The van der Waals surface area contributed by atoms with Crippen molar-refractivity contribution in [1.82, 2.24) is 4.57 Å². The number of carbonyl (C=O) groups excluding carboxylic acids is 1. The summed E-state index contributed by atoms with van der Waals surface area (Å²) >= 11 is 6.07. The van der Waals surface area contributed by atoms with Gasteiger partial charge in [-0.3, -0.25) is 0 Å². The van der Waals surface area contributed by atoms with Gasteiger partial charge in [0.2, 0.25) is 0 Å². The predicted octanol–water partition coefficient (Wildman–Crippen LogP) is 3.96. The van der Waals surface area contributed by atoms with Gasteiger partial charge in [0.05, 0.1) is 6.61 Å². The van der Waals surface area contributed by atoms with Crippen molar-refractivity contribution in [2.45, 2.75) is 26.7 Å². The standard InChI is InChI=1S/C15H18ClNO2/c1-4-6-11-12-9-10(16)7-8-13(12)17(3)14(11)15(18)19-5-2/h7-9H,4-6H2,1-3H3. The summed E-state index contributed by atoms with van der Waals surface area (Å²) in [5.74, 6) is -0.263. The van der Waals surface area contributed by atoms with Crippen molar-refractivity contribution in [3.63, 3.8) is 0 Å². The topological polar surface area (TPSA) is 31.2 Å². The van der Waals surface area contributed by atoms with Gasteiger partial charge in [0.25, 0.3) is 0 Å². The summed E-state index contributed by atoms with van der Waals surface area (Å²) in [5, 5.41) is 1.73. The van der Waals surface area contributed by atoms with Crippen molar-refractivity contribution in [2.24, 2.45) is 7.05 Å². The molecule has 0 saturated carbocycles. The van der Waals surface area contributed by atoms with Gasteiger partial charge in [-0.1, -0.05) is 24.9 Å². The summed E-state index contributed by atoms with van der Waals surface area (Å²) in [6.07, 6.45) is 1.81. The average molecular weight is 280 g/mol. The Morgan fingerprint density at radius 2 is 2.11 bits per heavy atom. The zero-order valence-electron chi connectivity index (χ0n) is 11.5. The molecule has 0 atom stereocenters. The zero-order chi connectivity index (χ0) is 14.0. The number of benzene rings is 1. The fourth-order valence-electron chi connectivity index (χ4n) is 2.46. The Morgan fingerprint density at radius 1 is 1.37 bits per heavy atom. The quantitative estimate of drug-likeness (QED) is 0.793. The Balaban J connectivity index is 2.70. The van der Waals surface area contributed by atoms with Crippen LogP contribution < -0.4 is 0 Å². The second-order valence-electron chi connectivity index (χ2n) is 4.52. The lowest BCUT2D eigenvalue weighted by Gasteiger charge is -2.06. The molecule has 0 N–H and O–H groups in total. The third-order valence-corrected chi connectivity index (χ3v) is 3.47. The molecule has 0 amide bonds. The molecule has 3 nitrogen and oxygen atoms in total. The molecule has 0 aliphatic rings. The van der Waals surface area contributed by atoms with Gasteiger partial charge in [-0.25, -0.2) is 4.79 Å². The van der Waals surface area contributed by atoms with Crippen LogP contribution in [0.3, 0.4) is 0 Å². The lowest BCUT2D eigenvalue weighted by Crippen LogP contribution is -2.12. The maximum Gasteiger partial charge on any atom is 0.355 e. The highest BCUT2D eigenvalue weighted by Gasteiger charge is 2.21. The van der Waals surface area contributed by atoms with Crippen LogP contribution in [0.5, 0.6) is 0 Å². The van der Waals surface area contributed by atoms with E-state index in [2.05, 4.69) is 6.92 Å². The third kappa shape index (κ3) is 2.47. The summed E-state index contributed by atoms with van der Waals surface area (Å²) in [6, 6.07) is 5.71. The first-order valence-corrected chi connectivity index (χ1v) is 6.91. The Hall–Kier alpha value is -1.48. The van der Waals surface area contributed by atoms with Crippen molar-refractivity contribution < 1.29 is 9.53 Å². The maximum atomic E-state index is 12.1. The van der Waals surface area contributed by atoms with E-state index in [9.17, 15) is 4.79 Å². The van der Waals surface area contributed by atoms with Crippen molar-refractivity contribution >= 4 is 28.5 Å². The Labute approximate surface area is 118 Å². The van der Waals surface area contributed by atoms with Gasteiger partial charge < -0.3 is 9.30 Å². The van der Waals surface area contributed by atoms with Crippen LogP contribution in [0.15, 0.2) is 18.2 Å². The molecular weight excluding hydrogens is 262 g/mol. The average Bonchev–Trinajstić information content (AvgIpc) is 2.63. The van der Waals surface area contributed by atoms with Gasteiger partial charge >= 0.3 is 5.97 Å². The Bertz CT molecular complexity index is 616. The fraction of sp³-hybridized carbons (Fsp3) is 0.400. The molecule has 0 bridgehead atoms. The lowest BCUT2D eigenvalue weighted by molar-refractivity contribution is 0.0514. The minimum atomic E-state index is -0.263. The van der Waals surface area contributed by atoms with Crippen LogP contribution in [0.1, 0.15) is 36.3 Å². The normalized spacial score (nSPS) is 10.9. The molecule has 0 radical (unpaired) electrons. The molecule has 1 heterocycles. The van der Waals surface area contributed by atoms with Gasteiger partial charge in [0, 0.05) is 23.0 Å². The number of hydrogen-bond donors (Lipinski definition) is 0. The number of ether oxygens (including phenoxy) is 1. The van der Waals surface area contributed by atoms with Crippen LogP contribution in [0.4, 0.5) is 0 Å². The summed E-state index contributed by atoms with van der Waals surface area (Å²) in [7, 11) is 1.89. The van der Waals surface area contributed by atoms with E-state index in [1.807, 2.05) is 36.7 Å². The number of aromatic nitrogens is 1. The number of rotatable bonds is 4. The smallest absolute Gasteiger partial charge is 0.355 e. The number of halogens is 1. The van der Waals surface area contributed by atoms with E-state index in [-0.39, 0.29) is 5.97 Å². The maximum absolute atomic E-state index is 12.1. The lowest BCUT2D eigenvalue weighted by atomic mass is 10.1. The molecular formula is C15H18ClNO2. The minimum Gasteiger partial charge on any atom is -0.461 e. The molecule has 0 fully saturated rings.